The summed E-state index contributed by atoms with van der Waals surface area (Å²) in [4.78, 5) is 7.73. The van der Waals surface area contributed by atoms with Gasteiger partial charge in [0.05, 0.1) is 17.3 Å². The van der Waals surface area contributed by atoms with Crippen LogP contribution in [-0.4, -0.2) is 28.1 Å². The molecule has 0 spiro atoms. The zero-order valence-corrected chi connectivity index (χ0v) is 16.1. The number of aryl methyl sites for hydroxylation is 1. The van der Waals surface area contributed by atoms with Gasteiger partial charge >= 0.3 is 0 Å². The van der Waals surface area contributed by atoms with Gasteiger partial charge in [-0.2, -0.15) is 0 Å². The fourth-order valence-corrected chi connectivity index (χ4v) is 4.45. The summed E-state index contributed by atoms with van der Waals surface area (Å²) in [5.74, 6) is 0.463. The lowest BCUT2D eigenvalue weighted by Gasteiger charge is -2.14. The third-order valence-corrected chi connectivity index (χ3v) is 5.64. The molecule has 0 unspecified atom stereocenters. The van der Waals surface area contributed by atoms with E-state index in [0.29, 0.717) is 17.0 Å². The minimum atomic E-state index is -4.11. The number of nitrogens with zero attached hydrogens (tertiary/aromatic N) is 1. The molecule has 1 heterocycles. The number of hydrogen-bond donors (Lipinski definition) is 2. The van der Waals surface area contributed by atoms with Crippen molar-refractivity contribution in [2.24, 2.45) is 0 Å². The summed E-state index contributed by atoms with van der Waals surface area (Å²) in [6.45, 7) is 1.84. The van der Waals surface area contributed by atoms with Crippen LogP contribution in [0, 0.1) is 6.92 Å². The summed E-state index contributed by atoms with van der Waals surface area (Å²) in [6.07, 6.45) is 3.87. The van der Waals surface area contributed by atoms with Crippen LogP contribution in [-0.2, 0) is 20.0 Å². The van der Waals surface area contributed by atoms with Crippen LogP contribution < -0.4 is 9.66 Å². The summed E-state index contributed by atoms with van der Waals surface area (Å²) in [7, 11) is -7.85. The van der Waals surface area contributed by atoms with Crippen molar-refractivity contribution >= 4 is 20.0 Å². The van der Waals surface area contributed by atoms with Crippen LogP contribution in [0.2, 0.25) is 0 Å². The van der Waals surface area contributed by atoms with Crippen molar-refractivity contribution in [3.05, 3.63) is 60.5 Å². The highest BCUT2D eigenvalue weighted by molar-refractivity contribution is 7.92. The third-order valence-electron chi connectivity index (χ3n) is 3.73. The van der Waals surface area contributed by atoms with E-state index in [-0.39, 0.29) is 4.90 Å². The average molecular weight is 407 g/mol. The standard InChI is InChI=1S/C17H17N3O5S2/c1-12-11-13(17-18-9-10-25-17)7-8-14(12)15-5-3-4-6-16(15)27(23,24)20-19-26(2,21)22/h3-11,19-20H,1-2H3. The summed E-state index contributed by atoms with van der Waals surface area (Å²) >= 11 is 0. The molecule has 8 nitrogen and oxygen atoms in total. The van der Waals surface area contributed by atoms with Crippen LogP contribution in [0.3, 0.4) is 0 Å². The zero-order chi connectivity index (χ0) is 19.7. The molecule has 0 bridgehead atoms. The van der Waals surface area contributed by atoms with Crippen LogP contribution in [0.1, 0.15) is 5.56 Å². The molecule has 1 aromatic heterocycles. The molecule has 27 heavy (non-hydrogen) atoms. The average Bonchev–Trinajstić information content (AvgIpc) is 3.14. The number of aromatic nitrogens is 1. The quantitative estimate of drug-likeness (QED) is 0.604. The first kappa shape index (κ1) is 19.2. The van der Waals surface area contributed by atoms with Gasteiger partial charge in [0, 0.05) is 11.1 Å². The number of benzene rings is 2. The molecule has 0 aliphatic rings. The Bertz CT molecular complexity index is 1170. The lowest BCUT2D eigenvalue weighted by atomic mass is 9.98. The summed E-state index contributed by atoms with van der Waals surface area (Å²) in [5.41, 5.74) is 2.70. The normalized spacial score (nSPS) is 12.2. The molecular weight excluding hydrogens is 390 g/mol. The Morgan fingerprint density at radius 2 is 1.70 bits per heavy atom. The summed E-state index contributed by atoms with van der Waals surface area (Å²) < 4.78 is 52.9. The van der Waals surface area contributed by atoms with Crippen molar-refractivity contribution in [3.63, 3.8) is 0 Å². The molecule has 2 N–H and O–H groups in total. The van der Waals surface area contributed by atoms with E-state index < -0.39 is 20.0 Å². The maximum atomic E-state index is 12.6. The molecule has 0 aliphatic carbocycles. The predicted octanol–water partition coefficient (Wildman–Crippen LogP) is 2.06. The molecule has 0 radical (unpaired) electrons. The molecule has 142 valence electrons. The SMILES string of the molecule is Cc1cc(-c2ncco2)ccc1-c1ccccc1S(=O)(=O)NNS(C)(=O)=O. The van der Waals surface area contributed by atoms with Gasteiger partial charge in [-0.15, -0.1) is 9.66 Å². The smallest absolute Gasteiger partial charge is 0.254 e. The van der Waals surface area contributed by atoms with Gasteiger partial charge in [0.2, 0.25) is 15.9 Å². The Kier molecular flexibility index (Phi) is 5.16. The largest absolute Gasteiger partial charge is 0.445 e. The monoisotopic (exact) mass is 407 g/mol. The Morgan fingerprint density at radius 1 is 0.963 bits per heavy atom. The zero-order valence-electron chi connectivity index (χ0n) is 14.5. The van der Waals surface area contributed by atoms with Gasteiger partial charge in [-0.1, -0.05) is 24.3 Å². The highest BCUT2D eigenvalue weighted by Crippen LogP contribution is 2.32. The number of rotatable bonds is 6. The third kappa shape index (κ3) is 4.42. The minimum Gasteiger partial charge on any atom is -0.445 e. The Balaban J connectivity index is 2.04. The van der Waals surface area contributed by atoms with Crippen LogP contribution in [0.4, 0.5) is 0 Å². The van der Waals surface area contributed by atoms with Crippen LogP contribution in [0.25, 0.3) is 22.6 Å². The van der Waals surface area contributed by atoms with Gasteiger partial charge in [-0.05, 0) is 36.2 Å². The fourth-order valence-electron chi connectivity index (χ4n) is 2.57. The fraction of sp³-hybridized carbons (Fsp3) is 0.118. The lowest BCUT2D eigenvalue weighted by molar-refractivity contribution is 0.561. The van der Waals surface area contributed by atoms with Crippen molar-refractivity contribution in [1.82, 2.24) is 14.6 Å². The molecule has 0 saturated heterocycles. The first-order valence-electron chi connectivity index (χ1n) is 7.76. The molecule has 0 fully saturated rings. The van der Waals surface area contributed by atoms with Gasteiger partial charge in [0.25, 0.3) is 10.0 Å². The predicted molar refractivity (Wildman–Crippen MR) is 100 cm³/mol. The second-order valence-electron chi connectivity index (χ2n) is 5.84. The number of sulfonamides is 2. The Labute approximate surface area is 157 Å². The van der Waals surface area contributed by atoms with E-state index in [2.05, 4.69) is 4.98 Å². The molecular formula is C17H17N3O5S2. The molecule has 0 saturated carbocycles. The van der Waals surface area contributed by atoms with E-state index in [0.717, 1.165) is 17.4 Å². The molecule has 2 aromatic carbocycles. The van der Waals surface area contributed by atoms with Crippen molar-refractivity contribution in [1.29, 1.82) is 0 Å². The van der Waals surface area contributed by atoms with E-state index in [1.807, 2.05) is 17.8 Å². The van der Waals surface area contributed by atoms with Gasteiger partial charge < -0.3 is 4.42 Å². The van der Waals surface area contributed by atoms with E-state index >= 15 is 0 Å². The lowest BCUT2D eigenvalue weighted by Crippen LogP contribution is -2.41. The number of oxazole rings is 1. The van der Waals surface area contributed by atoms with Gasteiger partial charge in [-0.25, -0.2) is 21.8 Å². The first-order valence-corrected chi connectivity index (χ1v) is 11.1. The maximum Gasteiger partial charge on any atom is 0.254 e. The Morgan fingerprint density at radius 3 is 2.33 bits per heavy atom. The van der Waals surface area contributed by atoms with Gasteiger partial charge in [0.15, 0.2) is 0 Å². The number of nitrogens with one attached hydrogen (secondary N) is 2. The Hall–Kier alpha value is -2.53. The molecule has 3 aromatic rings. The van der Waals surface area contributed by atoms with E-state index in [1.165, 1.54) is 12.3 Å². The summed E-state index contributed by atoms with van der Waals surface area (Å²) in [5, 5.41) is 0. The van der Waals surface area contributed by atoms with Crippen molar-refractivity contribution in [3.8, 4) is 22.6 Å². The van der Waals surface area contributed by atoms with Crippen molar-refractivity contribution < 1.29 is 21.3 Å². The van der Waals surface area contributed by atoms with Gasteiger partial charge in [0.1, 0.15) is 6.26 Å². The van der Waals surface area contributed by atoms with Gasteiger partial charge in [-0.3, -0.25) is 0 Å². The van der Waals surface area contributed by atoms with Crippen molar-refractivity contribution in [2.45, 2.75) is 11.8 Å². The molecule has 0 aliphatic heterocycles. The second kappa shape index (κ2) is 7.24. The number of hydrazine groups is 1. The van der Waals surface area contributed by atoms with E-state index in [9.17, 15) is 16.8 Å². The van der Waals surface area contributed by atoms with Crippen molar-refractivity contribution in [2.75, 3.05) is 6.26 Å². The highest BCUT2D eigenvalue weighted by Gasteiger charge is 2.21. The second-order valence-corrected chi connectivity index (χ2v) is 9.24. The molecule has 3 rings (SSSR count). The summed E-state index contributed by atoms with van der Waals surface area (Å²) in [6, 6.07) is 11.7. The van der Waals surface area contributed by atoms with Crippen LogP contribution in [0.5, 0.6) is 0 Å². The van der Waals surface area contributed by atoms with Crippen LogP contribution in [0.15, 0.2) is 64.2 Å². The molecule has 10 heteroatoms. The molecule has 0 amide bonds. The number of hydrogen-bond acceptors (Lipinski definition) is 6. The van der Waals surface area contributed by atoms with Crippen LogP contribution >= 0.6 is 0 Å². The first-order chi connectivity index (χ1) is 12.7. The van der Waals surface area contributed by atoms with E-state index in [4.69, 9.17) is 4.42 Å². The highest BCUT2D eigenvalue weighted by atomic mass is 32.2. The topological polar surface area (TPSA) is 118 Å². The molecule has 0 atom stereocenters. The van der Waals surface area contributed by atoms with E-state index in [1.54, 1.807) is 41.4 Å². The minimum absolute atomic E-state index is 0.0480. The maximum absolute atomic E-state index is 12.6.